The summed E-state index contributed by atoms with van der Waals surface area (Å²) in [6.07, 6.45) is 2.87. The van der Waals surface area contributed by atoms with E-state index < -0.39 is 10.2 Å². The predicted molar refractivity (Wildman–Crippen MR) is 129 cm³/mol. The molecule has 2 aliphatic rings. The Morgan fingerprint density at radius 1 is 1.06 bits per heavy atom. The highest BCUT2D eigenvalue weighted by Crippen LogP contribution is 2.38. The standard InChI is InChI=1S/C24H27ClN4O3S/c1-17-7-5-6-14-28(17)33(30,31)27-15-20-21(16-27)26-29(22-8-3-4-9-23(22)32-2)24(20)18-10-12-19(25)13-11-18/h3-4,8-13,17H,5-7,14-16H2,1-2H3. The molecule has 0 spiro atoms. The number of ether oxygens (including phenoxy) is 1. The van der Waals surface area contributed by atoms with Crippen LogP contribution in [-0.4, -0.2) is 46.5 Å². The molecule has 1 atom stereocenters. The number of rotatable bonds is 5. The summed E-state index contributed by atoms with van der Waals surface area (Å²) in [5.74, 6) is 0.695. The summed E-state index contributed by atoms with van der Waals surface area (Å²) in [6.45, 7) is 3.10. The van der Waals surface area contributed by atoms with E-state index in [-0.39, 0.29) is 19.1 Å². The zero-order valence-corrected chi connectivity index (χ0v) is 20.3. The molecule has 2 aromatic carbocycles. The fraction of sp³-hybridized carbons (Fsp3) is 0.375. The van der Waals surface area contributed by atoms with Crippen molar-refractivity contribution < 1.29 is 13.2 Å². The Kier molecular flexibility index (Phi) is 5.95. The molecule has 0 saturated carbocycles. The summed E-state index contributed by atoms with van der Waals surface area (Å²) in [5.41, 5.74) is 4.26. The Hall–Kier alpha value is -2.39. The van der Waals surface area contributed by atoms with Crippen molar-refractivity contribution in [2.45, 2.75) is 45.3 Å². The van der Waals surface area contributed by atoms with Gasteiger partial charge in [-0.3, -0.25) is 0 Å². The van der Waals surface area contributed by atoms with Gasteiger partial charge in [0.15, 0.2) is 0 Å². The highest BCUT2D eigenvalue weighted by molar-refractivity contribution is 7.86. The number of fused-ring (bicyclic) bond motifs is 1. The first-order valence-electron chi connectivity index (χ1n) is 11.2. The second-order valence-corrected chi connectivity index (χ2v) is 10.9. The summed E-state index contributed by atoms with van der Waals surface area (Å²) in [4.78, 5) is 0. The van der Waals surface area contributed by atoms with Gasteiger partial charge < -0.3 is 4.74 Å². The molecule has 1 saturated heterocycles. The van der Waals surface area contributed by atoms with E-state index in [2.05, 4.69) is 0 Å². The fourth-order valence-electron chi connectivity index (χ4n) is 4.80. The van der Waals surface area contributed by atoms with Crippen LogP contribution in [0.4, 0.5) is 0 Å². The molecule has 33 heavy (non-hydrogen) atoms. The van der Waals surface area contributed by atoms with E-state index in [1.54, 1.807) is 15.7 Å². The van der Waals surface area contributed by atoms with Crippen molar-refractivity contribution in [3.8, 4) is 22.7 Å². The van der Waals surface area contributed by atoms with E-state index in [0.717, 1.165) is 47.5 Å². The average Bonchev–Trinajstić information content (AvgIpc) is 3.39. The van der Waals surface area contributed by atoms with E-state index in [0.29, 0.717) is 17.3 Å². The second-order valence-electron chi connectivity index (χ2n) is 8.60. The van der Waals surface area contributed by atoms with Gasteiger partial charge >= 0.3 is 0 Å². The molecule has 5 rings (SSSR count). The van der Waals surface area contributed by atoms with Gasteiger partial charge in [-0.05, 0) is 44.0 Å². The molecule has 9 heteroatoms. The third kappa shape index (κ3) is 3.95. The number of piperidine rings is 1. The van der Waals surface area contributed by atoms with Crippen molar-refractivity contribution in [1.29, 1.82) is 0 Å². The van der Waals surface area contributed by atoms with Crippen LogP contribution >= 0.6 is 11.6 Å². The summed E-state index contributed by atoms with van der Waals surface area (Å²) in [5, 5.41) is 5.52. The van der Waals surface area contributed by atoms with Crippen molar-refractivity contribution >= 4 is 21.8 Å². The lowest BCUT2D eigenvalue weighted by atomic mass is 10.1. The number of methoxy groups -OCH3 is 1. The highest BCUT2D eigenvalue weighted by atomic mass is 35.5. The lowest BCUT2D eigenvalue weighted by Gasteiger charge is -2.35. The number of hydrogen-bond acceptors (Lipinski definition) is 4. The first-order valence-corrected chi connectivity index (χ1v) is 12.9. The molecule has 0 aliphatic carbocycles. The van der Waals surface area contributed by atoms with Gasteiger partial charge in [0.25, 0.3) is 10.2 Å². The SMILES string of the molecule is COc1ccccc1-n1nc2c(c1-c1ccc(Cl)cc1)CN(S(=O)(=O)N1CCCCC1C)C2. The minimum atomic E-state index is -3.57. The van der Waals surface area contributed by atoms with Crippen LogP contribution in [0, 0.1) is 0 Å². The van der Waals surface area contributed by atoms with Crippen LogP contribution in [0.25, 0.3) is 16.9 Å². The second kappa shape index (κ2) is 8.76. The Bertz CT molecular complexity index is 1270. The minimum Gasteiger partial charge on any atom is -0.494 e. The van der Waals surface area contributed by atoms with Crippen LogP contribution in [0.15, 0.2) is 48.5 Å². The molecular formula is C24H27ClN4O3S. The molecule has 0 amide bonds. The van der Waals surface area contributed by atoms with Crippen LogP contribution in [0.1, 0.15) is 37.4 Å². The number of nitrogens with zero attached hydrogens (tertiary/aromatic N) is 4. The third-order valence-electron chi connectivity index (χ3n) is 6.52. The lowest BCUT2D eigenvalue weighted by Crippen LogP contribution is -2.48. The van der Waals surface area contributed by atoms with E-state index >= 15 is 0 Å². The first kappa shape index (κ1) is 22.4. The van der Waals surface area contributed by atoms with Crippen LogP contribution < -0.4 is 4.74 Å². The number of halogens is 1. The molecular weight excluding hydrogens is 460 g/mol. The molecule has 0 radical (unpaired) electrons. The van der Waals surface area contributed by atoms with Gasteiger partial charge in [0.05, 0.1) is 25.0 Å². The third-order valence-corrected chi connectivity index (χ3v) is 8.82. The molecule has 1 unspecified atom stereocenters. The van der Waals surface area contributed by atoms with Gasteiger partial charge in [0.2, 0.25) is 0 Å². The van der Waals surface area contributed by atoms with Gasteiger partial charge in [-0.15, -0.1) is 0 Å². The van der Waals surface area contributed by atoms with Gasteiger partial charge in [0, 0.05) is 35.3 Å². The van der Waals surface area contributed by atoms with E-state index in [1.165, 1.54) is 0 Å². The average molecular weight is 487 g/mol. The topological polar surface area (TPSA) is 67.7 Å². The number of benzene rings is 2. The van der Waals surface area contributed by atoms with E-state index in [4.69, 9.17) is 21.4 Å². The van der Waals surface area contributed by atoms with Gasteiger partial charge in [-0.2, -0.15) is 22.1 Å². The molecule has 0 bridgehead atoms. The Labute approximate surface area is 199 Å². The number of aromatic nitrogens is 2. The number of para-hydroxylation sites is 2. The van der Waals surface area contributed by atoms with Gasteiger partial charge in [-0.1, -0.05) is 42.3 Å². The van der Waals surface area contributed by atoms with Crippen molar-refractivity contribution in [3.05, 3.63) is 64.8 Å². The predicted octanol–water partition coefficient (Wildman–Crippen LogP) is 4.64. The molecule has 1 fully saturated rings. The maximum atomic E-state index is 13.5. The molecule has 7 nitrogen and oxygen atoms in total. The maximum Gasteiger partial charge on any atom is 0.282 e. The van der Waals surface area contributed by atoms with Gasteiger partial charge in [0.1, 0.15) is 11.4 Å². The summed E-state index contributed by atoms with van der Waals surface area (Å²) < 4.78 is 37.6. The molecule has 0 N–H and O–H groups in total. The molecule has 174 valence electrons. The smallest absolute Gasteiger partial charge is 0.282 e. The highest BCUT2D eigenvalue weighted by Gasteiger charge is 2.40. The molecule has 3 heterocycles. The summed E-state index contributed by atoms with van der Waals surface area (Å²) >= 11 is 6.14. The van der Waals surface area contributed by atoms with Crippen molar-refractivity contribution in [2.24, 2.45) is 0 Å². The van der Waals surface area contributed by atoms with E-state index in [1.807, 2.05) is 60.1 Å². The zero-order valence-electron chi connectivity index (χ0n) is 18.7. The zero-order chi connectivity index (χ0) is 23.2. The first-order chi connectivity index (χ1) is 15.9. The Morgan fingerprint density at radius 2 is 1.82 bits per heavy atom. The molecule has 1 aromatic heterocycles. The van der Waals surface area contributed by atoms with E-state index in [9.17, 15) is 8.42 Å². The van der Waals surface area contributed by atoms with Crippen molar-refractivity contribution in [2.75, 3.05) is 13.7 Å². The monoisotopic (exact) mass is 486 g/mol. The normalized spacial score (nSPS) is 19.5. The lowest BCUT2D eigenvalue weighted by molar-refractivity contribution is 0.244. The van der Waals surface area contributed by atoms with Crippen molar-refractivity contribution in [3.63, 3.8) is 0 Å². The summed E-state index contributed by atoms with van der Waals surface area (Å²) in [6, 6.07) is 15.3. The van der Waals surface area contributed by atoms with Crippen LogP contribution in [-0.2, 0) is 23.3 Å². The van der Waals surface area contributed by atoms with Gasteiger partial charge in [-0.25, -0.2) is 4.68 Å². The fourth-order valence-corrected chi connectivity index (χ4v) is 6.72. The van der Waals surface area contributed by atoms with Crippen LogP contribution in [0.3, 0.4) is 0 Å². The molecule has 3 aromatic rings. The van der Waals surface area contributed by atoms with Crippen LogP contribution in [0.5, 0.6) is 5.75 Å². The quantitative estimate of drug-likeness (QED) is 0.527. The minimum absolute atomic E-state index is 0.0147. The summed E-state index contributed by atoms with van der Waals surface area (Å²) in [7, 11) is -1.94. The number of hydrogen-bond donors (Lipinski definition) is 0. The molecule has 2 aliphatic heterocycles. The Balaban J connectivity index is 1.59. The largest absolute Gasteiger partial charge is 0.494 e. The Morgan fingerprint density at radius 3 is 2.55 bits per heavy atom. The van der Waals surface area contributed by atoms with Crippen molar-refractivity contribution in [1.82, 2.24) is 18.4 Å². The maximum absolute atomic E-state index is 13.5. The van der Waals surface area contributed by atoms with Crippen LogP contribution in [0.2, 0.25) is 5.02 Å².